The van der Waals surface area contributed by atoms with Crippen molar-refractivity contribution in [2.24, 2.45) is 0 Å². The second-order valence-electron chi connectivity index (χ2n) is 9.66. The number of nitrogens with zero attached hydrogens (tertiary/aromatic N) is 5. The second-order valence-corrected chi connectivity index (χ2v) is 10.1. The van der Waals surface area contributed by atoms with Crippen LogP contribution in [0.25, 0.3) is 23.0 Å². The third-order valence-corrected chi connectivity index (χ3v) is 7.01. The van der Waals surface area contributed by atoms with Crippen molar-refractivity contribution in [1.29, 1.82) is 0 Å². The van der Waals surface area contributed by atoms with Gasteiger partial charge in [0.2, 0.25) is 5.91 Å². The number of aromatic amines is 1. The first-order chi connectivity index (χ1) is 20.8. The average Bonchev–Trinajstić information content (AvgIpc) is 3.68. The number of fused-ring (bicyclic) bond motifs is 4. The summed E-state index contributed by atoms with van der Waals surface area (Å²) < 4.78 is 6.14. The van der Waals surface area contributed by atoms with Crippen molar-refractivity contribution >= 4 is 47.0 Å². The molecule has 1 atom stereocenters. The summed E-state index contributed by atoms with van der Waals surface area (Å²) in [6, 6.07) is 9.54. The molecular weight excluding hydrogens is 578 g/mol. The number of carbonyl (C=O) groups is 3. The second kappa shape index (κ2) is 13.2. The van der Waals surface area contributed by atoms with E-state index in [1.165, 1.54) is 24.2 Å². The summed E-state index contributed by atoms with van der Waals surface area (Å²) in [5, 5.41) is 30.6. The van der Waals surface area contributed by atoms with Gasteiger partial charge in [0, 0.05) is 40.1 Å². The molecule has 5 N–H and O–H groups in total. The van der Waals surface area contributed by atoms with Crippen LogP contribution in [0.15, 0.2) is 48.8 Å². The maximum atomic E-state index is 13.1. The van der Waals surface area contributed by atoms with E-state index in [1.54, 1.807) is 42.5 Å². The summed E-state index contributed by atoms with van der Waals surface area (Å²) in [6.45, 7) is 0.609. The Bertz CT molecular complexity index is 1670. The highest BCUT2D eigenvalue weighted by Gasteiger charge is 2.26. The van der Waals surface area contributed by atoms with Gasteiger partial charge >= 0.3 is 12.1 Å². The first-order valence-corrected chi connectivity index (χ1v) is 13.8. The molecule has 0 aliphatic carbocycles. The van der Waals surface area contributed by atoms with Crippen LogP contribution in [0.2, 0.25) is 5.02 Å². The van der Waals surface area contributed by atoms with Crippen molar-refractivity contribution < 1.29 is 24.2 Å². The van der Waals surface area contributed by atoms with Crippen molar-refractivity contribution in [1.82, 2.24) is 35.5 Å². The summed E-state index contributed by atoms with van der Waals surface area (Å²) >= 11 is 6.19. The number of aromatic carboxylic acids is 1. The number of anilines is 2. The number of carboxylic acids is 1. The molecule has 3 heterocycles. The van der Waals surface area contributed by atoms with E-state index < -0.39 is 24.0 Å². The number of nitrogens with one attached hydrogen (secondary N) is 4. The number of rotatable bonds is 6. The molecule has 0 fully saturated rings. The van der Waals surface area contributed by atoms with Crippen LogP contribution in [-0.4, -0.2) is 66.9 Å². The molecule has 0 spiro atoms. The van der Waals surface area contributed by atoms with Gasteiger partial charge in [0.15, 0.2) is 5.69 Å². The molecule has 14 nitrogen and oxygen atoms in total. The maximum Gasteiger partial charge on any atom is 0.411 e. The minimum Gasteiger partial charge on any atom is -0.477 e. The largest absolute Gasteiger partial charge is 0.477 e. The number of ether oxygens (including phenoxy) is 1. The van der Waals surface area contributed by atoms with Crippen LogP contribution in [-0.2, 0) is 9.53 Å². The van der Waals surface area contributed by atoms with E-state index in [9.17, 15) is 19.5 Å². The van der Waals surface area contributed by atoms with E-state index in [-0.39, 0.29) is 11.4 Å². The molecule has 2 bridgehead atoms. The summed E-state index contributed by atoms with van der Waals surface area (Å²) in [4.78, 5) is 44.7. The van der Waals surface area contributed by atoms with E-state index in [0.29, 0.717) is 52.0 Å². The third-order valence-electron chi connectivity index (χ3n) is 6.77. The molecule has 2 aromatic carbocycles. The number of H-pyrrole nitrogens is 1. The Hall–Kier alpha value is -5.24. The minimum absolute atomic E-state index is 0.120. The molecule has 5 rings (SSSR count). The monoisotopic (exact) mass is 605 g/mol. The highest BCUT2D eigenvalue weighted by atomic mass is 35.5. The summed E-state index contributed by atoms with van der Waals surface area (Å²) in [7, 11) is 1.27. The van der Waals surface area contributed by atoms with Gasteiger partial charge in [0.05, 0.1) is 18.8 Å². The minimum atomic E-state index is -1.20. The van der Waals surface area contributed by atoms with Gasteiger partial charge in [-0.2, -0.15) is 4.68 Å². The number of amides is 2. The zero-order valence-corrected chi connectivity index (χ0v) is 23.8. The van der Waals surface area contributed by atoms with Crippen LogP contribution in [0.1, 0.15) is 53.6 Å². The van der Waals surface area contributed by atoms with Crippen LogP contribution < -0.4 is 16.0 Å². The lowest BCUT2D eigenvalue weighted by atomic mass is 10.0. The standard InChI is InChI=1S/C28H28ClN9O5/c1-43-28(42)32-18-8-9-19-21(14-18)30-12-4-2-3-5-20(26-34-24(19)25(35-26)27(40)41)33-23(39)11-6-16-13-17(29)7-10-22(16)38-15-31-36-37-38/h6-11,13-15,20,30H,2-5,12H2,1H3,(H,32,42)(H,33,39)(H,34,35)(H,40,41)/t20-/m0/s1. The van der Waals surface area contributed by atoms with E-state index in [2.05, 4.69) is 46.2 Å². The number of carbonyl (C=O) groups excluding carboxylic acids is 2. The molecule has 0 saturated carbocycles. The Morgan fingerprint density at radius 1 is 1.16 bits per heavy atom. The predicted molar refractivity (Wildman–Crippen MR) is 158 cm³/mol. The molecule has 43 heavy (non-hydrogen) atoms. The lowest BCUT2D eigenvalue weighted by molar-refractivity contribution is -0.117. The molecule has 2 amide bonds. The van der Waals surface area contributed by atoms with Gasteiger partial charge in [-0.3, -0.25) is 10.1 Å². The Kier molecular flexibility index (Phi) is 8.96. The van der Waals surface area contributed by atoms with Gasteiger partial charge in [-0.25, -0.2) is 14.6 Å². The molecule has 0 saturated heterocycles. The highest BCUT2D eigenvalue weighted by Crippen LogP contribution is 2.34. The fraction of sp³-hybridized carbons (Fsp3) is 0.250. The van der Waals surface area contributed by atoms with Crippen LogP contribution in [0.3, 0.4) is 0 Å². The smallest absolute Gasteiger partial charge is 0.411 e. The Balaban J connectivity index is 1.45. The SMILES string of the molecule is COC(=O)Nc1ccc2c(c1)NCCCCC[C@H](NC(=O)C=Cc1cc(Cl)ccc1-n1cnnn1)c1nc-2c(C(=O)O)[nH]1. The van der Waals surface area contributed by atoms with Gasteiger partial charge < -0.3 is 25.5 Å². The number of methoxy groups -OCH3 is 1. The maximum absolute atomic E-state index is 13.1. The number of aromatic nitrogens is 6. The van der Waals surface area contributed by atoms with Gasteiger partial charge in [0.1, 0.15) is 17.8 Å². The zero-order chi connectivity index (χ0) is 30.3. The highest BCUT2D eigenvalue weighted by molar-refractivity contribution is 6.30. The summed E-state index contributed by atoms with van der Waals surface area (Å²) in [6.07, 6.45) is 6.74. The quantitative estimate of drug-likeness (QED) is 0.196. The van der Waals surface area contributed by atoms with Crippen LogP contribution in [0, 0.1) is 0 Å². The average molecular weight is 606 g/mol. The Morgan fingerprint density at radius 3 is 2.79 bits per heavy atom. The van der Waals surface area contributed by atoms with Crippen LogP contribution >= 0.6 is 11.6 Å². The van der Waals surface area contributed by atoms with Gasteiger partial charge in [0.25, 0.3) is 0 Å². The fourth-order valence-electron chi connectivity index (χ4n) is 4.72. The topological polar surface area (TPSA) is 189 Å². The fourth-order valence-corrected chi connectivity index (χ4v) is 4.91. The number of carboxylic acid groups (broad SMARTS) is 1. The predicted octanol–water partition coefficient (Wildman–Crippen LogP) is 4.44. The van der Waals surface area contributed by atoms with E-state index >= 15 is 0 Å². The van der Waals surface area contributed by atoms with Crippen molar-refractivity contribution in [2.45, 2.75) is 31.7 Å². The normalized spacial score (nSPS) is 15.0. The van der Waals surface area contributed by atoms with Gasteiger partial charge in [-0.05, 0) is 65.7 Å². The first-order valence-electron chi connectivity index (χ1n) is 13.4. The Labute approximate surface area is 250 Å². The lowest BCUT2D eigenvalue weighted by Crippen LogP contribution is -2.28. The lowest BCUT2D eigenvalue weighted by Gasteiger charge is -2.17. The van der Waals surface area contributed by atoms with Gasteiger partial charge in [-0.1, -0.05) is 24.4 Å². The third kappa shape index (κ3) is 6.98. The number of halogens is 1. The van der Waals surface area contributed by atoms with E-state index in [4.69, 9.17) is 11.6 Å². The first kappa shape index (κ1) is 29.3. The van der Waals surface area contributed by atoms with E-state index in [0.717, 1.165) is 19.3 Å². The molecule has 4 aromatic rings. The van der Waals surface area contributed by atoms with Crippen LogP contribution in [0.4, 0.5) is 16.2 Å². The number of tetrazole rings is 1. The zero-order valence-electron chi connectivity index (χ0n) is 23.0. The number of imidazole rings is 1. The van der Waals surface area contributed by atoms with Crippen LogP contribution in [0.5, 0.6) is 0 Å². The molecule has 2 aromatic heterocycles. The number of benzene rings is 2. The molecule has 15 heteroatoms. The molecule has 0 unspecified atom stereocenters. The molecule has 0 radical (unpaired) electrons. The van der Waals surface area contributed by atoms with Crippen molar-refractivity contribution in [3.05, 3.63) is 70.9 Å². The number of hydrogen-bond acceptors (Lipinski definition) is 9. The summed E-state index contributed by atoms with van der Waals surface area (Å²) in [5.41, 5.74) is 2.92. The van der Waals surface area contributed by atoms with E-state index in [1.807, 2.05) is 0 Å². The summed E-state index contributed by atoms with van der Waals surface area (Å²) in [5.74, 6) is -1.29. The van der Waals surface area contributed by atoms with Crippen molar-refractivity contribution in [3.8, 4) is 16.9 Å². The van der Waals surface area contributed by atoms with Gasteiger partial charge in [-0.15, -0.1) is 5.10 Å². The molecule has 1 aliphatic heterocycles. The Morgan fingerprint density at radius 2 is 2.02 bits per heavy atom. The molecule has 1 aliphatic rings. The van der Waals surface area contributed by atoms with Crippen molar-refractivity contribution in [3.63, 3.8) is 0 Å². The molecular formula is C28H28ClN9O5. The molecule has 222 valence electrons. The number of hydrogen-bond donors (Lipinski definition) is 5. The van der Waals surface area contributed by atoms with Crippen molar-refractivity contribution in [2.75, 3.05) is 24.3 Å².